The number of carbonyl (C=O) groups excluding carboxylic acids is 1. The first-order valence-corrected chi connectivity index (χ1v) is 8.43. The summed E-state index contributed by atoms with van der Waals surface area (Å²) in [5.41, 5.74) is 3.47. The van der Waals surface area contributed by atoms with E-state index in [-0.39, 0.29) is 18.0 Å². The van der Waals surface area contributed by atoms with E-state index in [2.05, 4.69) is 4.98 Å². The molecule has 1 heterocycles. The summed E-state index contributed by atoms with van der Waals surface area (Å²) < 4.78 is 5.05. The number of hydrogen-bond acceptors (Lipinski definition) is 3. The van der Waals surface area contributed by atoms with Crippen molar-refractivity contribution in [1.82, 2.24) is 9.88 Å². The lowest BCUT2D eigenvalue weighted by atomic mass is 9.97. The van der Waals surface area contributed by atoms with Crippen molar-refractivity contribution in [2.75, 3.05) is 0 Å². The van der Waals surface area contributed by atoms with E-state index >= 15 is 0 Å². The van der Waals surface area contributed by atoms with Crippen LogP contribution in [0.1, 0.15) is 38.1 Å². The lowest BCUT2D eigenvalue weighted by Gasteiger charge is -2.31. The number of fused-ring (bicyclic) bond motifs is 1. The highest BCUT2D eigenvalue weighted by Crippen LogP contribution is 2.28. The molecule has 0 atom stereocenters. The van der Waals surface area contributed by atoms with Gasteiger partial charge < -0.3 is 9.32 Å². The summed E-state index contributed by atoms with van der Waals surface area (Å²) in [7, 11) is 0. The van der Waals surface area contributed by atoms with Crippen LogP contribution < -0.4 is 5.76 Å². The number of nitrogens with zero attached hydrogens (tertiary/aromatic N) is 1. The Kier molecular flexibility index (Phi) is 4.49. The van der Waals surface area contributed by atoms with E-state index in [1.165, 1.54) is 0 Å². The quantitative estimate of drug-likeness (QED) is 0.780. The van der Waals surface area contributed by atoms with Crippen molar-refractivity contribution in [1.29, 1.82) is 0 Å². The van der Waals surface area contributed by atoms with E-state index < -0.39 is 5.76 Å². The summed E-state index contributed by atoms with van der Waals surface area (Å²) in [5.74, 6) is -0.483. The lowest BCUT2D eigenvalue weighted by Crippen LogP contribution is -2.42. The molecule has 1 aromatic heterocycles. The summed E-state index contributed by atoms with van der Waals surface area (Å²) >= 11 is 0. The minimum Gasteiger partial charge on any atom is -0.408 e. The Morgan fingerprint density at radius 1 is 1.04 bits per heavy atom. The van der Waals surface area contributed by atoms with Gasteiger partial charge in [0.2, 0.25) is 0 Å². The number of H-pyrrole nitrogens is 1. The highest BCUT2D eigenvalue weighted by atomic mass is 16.4. The fourth-order valence-corrected chi connectivity index (χ4v) is 3.25. The molecular formula is C20H22N2O3. The monoisotopic (exact) mass is 338 g/mol. The zero-order valence-corrected chi connectivity index (χ0v) is 14.9. The van der Waals surface area contributed by atoms with E-state index in [0.29, 0.717) is 16.7 Å². The third-order valence-electron chi connectivity index (χ3n) is 4.23. The molecule has 5 nitrogen and oxygen atoms in total. The summed E-state index contributed by atoms with van der Waals surface area (Å²) in [5, 5.41) is 0. The van der Waals surface area contributed by atoms with Crippen LogP contribution in [-0.4, -0.2) is 27.9 Å². The van der Waals surface area contributed by atoms with Gasteiger partial charge in [-0.15, -0.1) is 0 Å². The maximum atomic E-state index is 13.1. The van der Waals surface area contributed by atoms with E-state index in [0.717, 1.165) is 11.1 Å². The van der Waals surface area contributed by atoms with Crippen molar-refractivity contribution in [3.8, 4) is 11.1 Å². The molecule has 3 rings (SSSR count). The van der Waals surface area contributed by atoms with Gasteiger partial charge in [0.15, 0.2) is 5.58 Å². The van der Waals surface area contributed by atoms with Crippen LogP contribution in [0.15, 0.2) is 51.7 Å². The van der Waals surface area contributed by atoms with Gasteiger partial charge in [0.05, 0.1) is 5.52 Å². The standard InChI is InChI=1S/C20H22N2O3/c1-12(2)22(13(3)4)19(23)16-8-6-5-7-15(16)14-9-10-18-17(11-14)21-20(24)25-18/h5-13H,1-4H3,(H,21,24). The van der Waals surface area contributed by atoms with Crippen molar-refractivity contribution in [2.45, 2.75) is 39.8 Å². The summed E-state index contributed by atoms with van der Waals surface area (Å²) in [6, 6.07) is 13.2. The van der Waals surface area contributed by atoms with Crippen LogP contribution >= 0.6 is 0 Å². The second-order valence-corrected chi connectivity index (χ2v) is 6.67. The average molecular weight is 338 g/mol. The molecule has 0 radical (unpaired) electrons. The predicted molar refractivity (Wildman–Crippen MR) is 98.7 cm³/mol. The molecule has 5 heteroatoms. The lowest BCUT2D eigenvalue weighted by molar-refractivity contribution is 0.0644. The summed E-state index contributed by atoms with van der Waals surface area (Å²) in [6.07, 6.45) is 0. The number of hydrogen-bond donors (Lipinski definition) is 1. The van der Waals surface area contributed by atoms with E-state index in [9.17, 15) is 9.59 Å². The molecule has 0 spiro atoms. The molecule has 25 heavy (non-hydrogen) atoms. The number of aromatic amines is 1. The van der Waals surface area contributed by atoms with Gasteiger partial charge in [-0.1, -0.05) is 24.3 Å². The molecule has 0 unspecified atom stereocenters. The molecule has 1 amide bonds. The number of oxazole rings is 1. The molecule has 130 valence electrons. The van der Waals surface area contributed by atoms with Crippen LogP contribution in [0.25, 0.3) is 22.2 Å². The molecule has 0 saturated carbocycles. The van der Waals surface area contributed by atoms with E-state index in [1.54, 1.807) is 6.07 Å². The Bertz CT molecular complexity index is 958. The van der Waals surface area contributed by atoms with Gasteiger partial charge in [-0.05, 0) is 57.0 Å². The zero-order valence-electron chi connectivity index (χ0n) is 14.9. The van der Waals surface area contributed by atoms with Gasteiger partial charge in [0.1, 0.15) is 0 Å². The minimum absolute atomic E-state index is 0.00128. The minimum atomic E-state index is -0.484. The van der Waals surface area contributed by atoms with Crippen LogP contribution in [0.2, 0.25) is 0 Å². The Labute approximate surface area is 146 Å². The van der Waals surface area contributed by atoms with Crippen LogP contribution in [-0.2, 0) is 0 Å². The van der Waals surface area contributed by atoms with Gasteiger partial charge in [-0.3, -0.25) is 9.78 Å². The molecule has 0 saturated heterocycles. The molecule has 0 aliphatic carbocycles. The van der Waals surface area contributed by atoms with E-state index in [1.807, 2.05) is 69.0 Å². The SMILES string of the molecule is CC(C)N(C(=O)c1ccccc1-c1ccc2oc(=O)[nH]c2c1)C(C)C. The summed E-state index contributed by atoms with van der Waals surface area (Å²) in [6.45, 7) is 8.07. The molecule has 0 fully saturated rings. The second-order valence-electron chi connectivity index (χ2n) is 6.67. The number of benzene rings is 2. The molecule has 3 aromatic rings. The molecule has 2 aromatic carbocycles. The Hall–Kier alpha value is -2.82. The smallest absolute Gasteiger partial charge is 0.408 e. The first-order valence-electron chi connectivity index (χ1n) is 8.43. The number of aromatic nitrogens is 1. The van der Waals surface area contributed by atoms with Crippen LogP contribution in [0.3, 0.4) is 0 Å². The zero-order chi connectivity index (χ0) is 18.1. The molecule has 0 aliphatic heterocycles. The van der Waals surface area contributed by atoms with Gasteiger partial charge in [0, 0.05) is 17.6 Å². The number of carbonyl (C=O) groups is 1. The highest BCUT2D eigenvalue weighted by molar-refractivity contribution is 6.01. The Morgan fingerprint density at radius 3 is 2.40 bits per heavy atom. The van der Waals surface area contributed by atoms with Crippen molar-refractivity contribution in [2.24, 2.45) is 0 Å². The first kappa shape index (κ1) is 17.0. The number of amides is 1. The van der Waals surface area contributed by atoms with Gasteiger partial charge in [0.25, 0.3) is 5.91 Å². The second kappa shape index (κ2) is 6.59. The highest BCUT2D eigenvalue weighted by Gasteiger charge is 2.24. The average Bonchev–Trinajstić information content (AvgIpc) is 2.93. The number of rotatable bonds is 4. The molecule has 1 N–H and O–H groups in total. The predicted octanol–water partition coefficient (Wildman–Crippen LogP) is 4.05. The third kappa shape index (κ3) is 3.22. The fourth-order valence-electron chi connectivity index (χ4n) is 3.25. The largest absolute Gasteiger partial charge is 0.417 e. The van der Waals surface area contributed by atoms with Crippen molar-refractivity contribution < 1.29 is 9.21 Å². The van der Waals surface area contributed by atoms with Crippen LogP contribution in [0.5, 0.6) is 0 Å². The Morgan fingerprint density at radius 2 is 1.72 bits per heavy atom. The molecule has 0 aliphatic rings. The first-order chi connectivity index (χ1) is 11.9. The van der Waals surface area contributed by atoms with E-state index in [4.69, 9.17) is 4.42 Å². The van der Waals surface area contributed by atoms with Crippen LogP contribution in [0.4, 0.5) is 0 Å². The van der Waals surface area contributed by atoms with Crippen molar-refractivity contribution in [3.63, 3.8) is 0 Å². The molecular weight excluding hydrogens is 316 g/mol. The molecule has 0 bridgehead atoms. The third-order valence-corrected chi connectivity index (χ3v) is 4.23. The normalized spacial score (nSPS) is 11.4. The summed E-state index contributed by atoms with van der Waals surface area (Å²) in [4.78, 5) is 29.0. The fraction of sp³-hybridized carbons (Fsp3) is 0.300. The van der Waals surface area contributed by atoms with Crippen LogP contribution in [0, 0.1) is 0 Å². The van der Waals surface area contributed by atoms with Gasteiger partial charge in [-0.2, -0.15) is 0 Å². The van der Waals surface area contributed by atoms with Crippen molar-refractivity contribution >= 4 is 17.0 Å². The van der Waals surface area contributed by atoms with Gasteiger partial charge in [-0.25, -0.2) is 4.79 Å². The maximum Gasteiger partial charge on any atom is 0.417 e. The van der Waals surface area contributed by atoms with Gasteiger partial charge >= 0.3 is 5.76 Å². The topological polar surface area (TPSA) is 66.3 Å². The van der Waals surface area contributed by atoms with Crippen molar-refractivity contribution in [3.05, 3.63) is 58.6 Å². The number of nitrogens with one attached hydrogen (secondary N) is 1. The maximum absolute atomic E-state index is 13.1. The Balaban J connectivity index is 2.11.